The molecule has 0 bridgehead atoms. The minimum absolute atomic E-state index is 0.119. The Hall–Kier alpha value is -7.09. The van der Waals surface area contributed by atoms with Crippen LogP contribution in [0.2, 0.25) is 0 Å². The Morgan fingerprint density at radius 2 is 1.45 bits per heavy atom. The number of nitrogens with two attached hydrogens (primary N) is 1. The van der Waals surface area contributed by atoms with Crippen LogP contribution in [0.3, 0.4) is 0 Å². The molecule has 0 unspecified atom stereocenters. The van der Waals surface area contributed by atoms with E-state index >= 15 is 8.78 Å². The molecule has 5 N–H and O–H groups in total. The van der Waals surface area contributed by atoms with Crippen LogP contribution < -0.4 is 36.4 Å². The molecule has 4 aliphatic heterocycles. The Balaban J connectivity index is 0.803. The normalized spacial score (nSPS) is 17.2. The second kappa shape index (κ2) is 17.5. The van der Waals surface area contributed by atoms with E-state index in [-0.39, 0.29) is 41.0 Å². The first-order valence-corrected chi connectivity index (χ1v) is 21.3. The molecule has 5 amide bonds. The molecule has 0 aliphatic carbocycles. The largest absolute Gasteiger partial charge is 0.416 e. The summed E-state index contributed by atoms with van der Waals surface area (Å²) in [5.74, 6) is -4.95. The van der Waals surface area contributed by atoms with Crippen molar-refractivity contribution in [3.8, 4) is 11.3 Å². The first-order chi connectivity index (χ1) is 31.2. The van der Waals surface area contributed by atoms with Crippen molar-refractivity contribution in [2.75, 3.05) is 77.7 Å². The predicted molar refractivity (Wildman–Crippen MR) is 232 cm³/mol. The lowest BCUT2D eigenvalue weighted by Gasteiger charge is -2.40. The summed E-state index contributed by atoms with van der Waals surface area (Å²) in [6, 6.07) is 16.4. The Bertz CT molecular complexity index is 2650. The molecule has 3 aromatic carbocycles. The molecule has 0 radical (unpaired) electrons. The number of imide groups is 1. The number of alkyl halides is 3. The topological polar surface area (TPSA) is 174 Å². The van der Waals surface area contributed by atoms with Crippen LogP contribution in [0.1, 0.15) is 51.1 Å². The number of nitrogens with zero attached hydrogens (tertiary/aromatic N) is 7. The van der Waals surface area contributed by atoms with Gasteiger partial charge >= 0.3 is 12.2 Å². The van der Waals surface area contributed by atoms with Gasteiger partial charge in [0.2, 0.25) is 5.91 Å². The molecule has 0 atom stereocenters. The monoisotopic (exact) mass is 897 g/mol. The summed E-state index contributed by atoms with van der Waals surface area (Å²) >= 11 is 0. The van der Waals surface area contributed by atoms with E-state index in [1.165, 1.54) is 4.68 Å². The van der Waals surface area contributed by atoms with Gasteiger partial charge in [-0.3, -0.25) is 29.5 Å². The zero-order valence-corrected chi connectivity index (χ0v) is 34.9. The number of benzene rings is 3. The van der Waals surface area contributed by atoms with Crippen molar-refractivity contribution in [1.29, 1.82) is 0 Å². The number of aromatic nitrogens is 3. The van der Waals surface area contributed by atoms with E-state index in [4.69, 9.17) is 5.73 Å². The Kier molecular flexibility index (Phi) is 11.6. The minimum atomic E-state index is -4.73. The van der Waals surface area contributed by atoms with Crippen molar-refractivity contribution in [3.05, 3.63) is 107 Å². The number of pyridine rings is 1. The van der Waals surface area contributed by atoms with Gasteiger partial charge < -0.3 is 26.2 Å². The molecule has 6 heterocycles. The van der Waals surface area contributed by atoms with Gasteiger partial charge in [-0.25, -0.2) is 23.2 Å². The summed E-state index contributed by atoms with van der Waals surface area (Å²) < 4.78 is 71.9. The van der Waals surface area contributed by atoms with Crippen LogP contribution in [-0.4, -0.2) is 95.8 Å². The quantitative estimate of drug-likeness (QED) is 0.122. The standard InChI is InChI=1S/C45H44F5N11O4/c46-33-22-28(23-34(47)38(33)43(64)54-36-24-29(7-12-52-36)45(48,49)50)40-39(41(51)63)42-53-35-6-5-32(21-27(35)10-16-61(42)56-40)59-19-17-57(18-20-59)25-26-8-13-58(14-9-26)30-1-3-31(4-2-30)60-15-11-37(62)55-44(60)65/h1-7,12,21-24,26,53H,8-11,13-20,25H2,(H2,51,63)(H,52,54,64)(H,55,62,65). The number of anilines is 6. The molecule has 2 aromatic heterocycles. The molecule has 15 nitrogen and oxygen atoms in total. The Labute approximate surface area is 369 Å². The number of nitrogens with one attached hydrogen (secondary N) is 3. The van der Waals surface area contributed by atoms with Gasteiger partial charge in [-0.2, -0.15) is 18.3 Å². The van der Waals surface area contributed by atoms with Gasteiger partial charge in [0.05, 0.1) is 5.56 Å². The van der Waals surface area contributed by atoms with Gasteiger partial charge in [0.15, 0.2) is 0 Å². The highest BCUT2D eigenvalue weighted by atomic mass is 19.4. The summed E-state index contributed by atoms with van der Waals surface area (Å²) in [6.07, 6.45) is -0.971. The molecule has 3 saturated heterocycles. The number of carbonyl (C=O) groups excluding carboxylic acids is 4. The maximum Gasteiger partial charge on any atom is 0.416 e. The molecule has 5 aromatic rings. The molecule has 0 spiro atoms. The molecule has 4 aliphatic rings. The van der Waals surface area contributed by atoms with Crippen molar-refractivity contribution in [3.63, 3.8) is 0 Å². The average Bonchev–Trinajstić information content (AvgIpc) is 3.54. The Morgan fingerprint density at radius 1 is 0.769 bits per heavy atom. The first kappa shape index (κ1) is 43.2. The van der Waals surface area contributed by atoms with E-state index in [0.717, 1.165) is 99.6 Å². The number of piperazine rings is 1. The smallest absolute Gasteiger partial charge is 0.372 e. The van der Waals surface area contributed by atoms with E-state index < -0.39 is 46.6 Å². The fourth-order valence-corrected chi connectivity index (χ4v) is 9.01. The lowest BCUT2D eigenvalue weighted by atomic mass is 9.95. The van der Waals surface area contributed by atoms with Gasteiger partial charge in [-0.1, -0.05) is 0 Å². The summed E-state index contributed by atoms with van der Waals surface area (Å²) in [5, 5.41) is 12.1. The molecule has 338 valence electrons. The summed E-state index contributed by atoms with van der Waals surface area (Å²) in [7, 11) is 0. The number of rotatable bonds is 9. The van der Waals surface area contributed by atoms with E-state index in [1.54, 1.807) is 4.90 Å². The number of halogens is 5. The number of hydrogen-bond acceptors (Lipinski definition) is 10. The summed E-state index contributed by atoms with van der Waals surface area (Å²) in [5.41, 5.74) is 7.87. The SMILES string of the molecule is NC(=O)c1c(-c2cc(F)c(C(=O)Nc3cc(C(F)(F)F)ccn3)c(F)c2)nn2c1Nc1ccc(N3CCN(CC4CCN(c5ccc(N6CCC(=O)NC6=O)cc5)CC4)CC3)cc1CC2. The lowest BCUT2D eigenvalue weighted by Crippen LogP contribution is -2.49. The molecule has 3 fully saturated rings. The second-order valence-electron chi connectivity index (χ2n) is 16.6. The fourth-order valence-electron chi connectivity index (χ4n) is 9.01. The Morgan fingerprint density at radius 3 is 2.12 bits per heavy atom. The number of urea groups is 1. The van der Waals surface area contributed by atoms with E-state index in [1.807, 2.05) is 41.7 Å². The third-order valence-corrected chi connectivity index (χ3v) is 12.5. The third-order valence-electron chi connectivity index (χ3n) is 12.5. The third kappa shape index (κ3) is 9.02. The van der Waals surface area contributed by atoms with Crippen molar-refractivity contribution < 1.29 is 41.1 Å². The zero-order valence-electron chi connectivity index (χ0n) is 34.9. The number of aryl methyl sites for hydroxylation is 2. The maximum atomic E-state index is 15.5. The average molecular weight is 898 g/mol. The van der Waals surface area contributed by atoms with Gasteiger partial charge in [-0.05, 0) is 97.5 Å². The lowest BCUT2D eigenvalue weighted by molar-refractivity contribution is -0.137. The van der Waals surface area contributed by atoms with Crippen LogP contribution in [-0.2, 0) is 23.9 Å². The van der Waals surface area contributed by atoms with E-state index in [0.29, 0.717) is 43.2 Å². The van der Waals surface area contributed by atoms with Crippen molar-refractivity contribution >= 4 is 58.1 Å². The molecule has 65 heavy (non-hydrogen) atoms. The first-order valence-electron chi connectivity index (χ1n) is 21.3. The van der Waals surface area contributed by atoms with Crippen LogP contribution in [0, 0.1) is 17.6 Å². The highest BCUT2D eigenvalue weighted by Gasteiger charge is 2.33. The van der Waals surface area contributed by atoms with Gasteiger partial charge in [0.1, 0.15) is 40.1 Å². The van der Waals surface area contributed by atoms with Crippen LogP contribution in [0.15, 0.2) is 72.9 Å². The van der Waals surface area contributed by atoms with Crippen molar-refractivity contribution in [2.24, 2.45) is 11.7 Å². The number of fused-ring (bicyclic) bond motifs is 2. The van der Waals surface area contributed by atoms with Crippen molar-refractivity contribution in [2.45, 2.75) is 38.4 Å². The number of hydrogen-bond donors (Lipinski definition) is 4. The molecular weight excluding hydrogens is 854 g/mol. The molecular formula is C45H44F5N11O4. The van der Waals surface area contributed by atoms with Crippen LogP contribution in [0.5, 0.6) is 0 Å². The van der Waals surface area contributed by atoms with Crippen LogP contribution >= 0.6 is 0 Å². The van der Waals surface area contributed by atoms with Gasteiger partial charge in [0.25, 0.3) is 11.8 Å². The highest BCUT2D eigenvalue weighted by Crippen LogP contribution is 2.37. The van der Waals surface area contributed by atoms with Crippen LogP contribution in [0.25, 0.3) is 11.3 Å². The summed E-state index contributed by atoms with van der Waals surface area (Å²) in [4.78, 5) is 62.0. The zero-order chi connectivity index (χ0) is 45.6. The maximum absolute atomic E-state index is 15.5. The molecule has 9 rings (SSSR count). The number of amides is 5. The number of piperidine rings is 1. The fraction of sp³-hybridized carbons (Fsp3) is 0.333. The van der Waals surface area contributed by atoms with E-state index in [2.05, 4.69) is 41.5 Å². The van der Waals surface area contributed by atoms with Crippen molar-refractivity contribution in [1.82, 2.24) is 25.0 Å². The predicted octanol–water partition coefficient (Wildman–Crippen LogP) is 6.38. The minimum Gasteiger partial charge on any atom is -0.372 e. The molecule has 0 saturated carbocycles. The van der Waals surface area contributed by atoms with Gasteiger partial charge in [0, 0.05) is 99.8 Å². The van der Waals surface area contributed by atoms with E-state index in [9.17, 15) is 32.3 Å². The van der Waals surface area contributed by atoms with Gasteiger partial charge in [-0.15, -0.1) is 0 Å². The van der Waals surface area contributed by atoms with Crippen LogP contribution in [0.4, 0.5) is 61.1 Å². The summed E-state index contributed by atoms with van der Waals surface area (Å²) in [6.45, 7) is 7.16. The second-order valence-corrected chi connectivity index (χ2v) is 16.6. The number of primary amides is 1. The molecule has 20 heteroatoms. The number of carbonyl (C=O) groups is 4. The highest BCUT2D eigenvalue weighted by molar-refractivity contribution is 6.07.